The van der Waals surface area contributed by atoms with Crippen molar-refractivity contribution in [3.05, 3.63) is 29.8 Å². The molecule has 20 heavy (non-hydrogen) atoms. The first-order valence-corrected chi connectivity index (χ1v) is 9.14. The second-order valence-corrected chi connectivity index (χ2v) is 6.97. The second-order valence-electron chi connectivity index (χ2n) is 4.50. The molecule has 112 valence electrons. The largest absolute Gasteiger partial charge is 0.338 e. The van der Waals surface area contributed by atoms with Crippen LogP contribution in [0.15, 0.2) is 29.2 Å². The van der Waals surface area contributed by atoms with Gasteiger partial charge in [0.15, 0.2) is 0 Å². The van der Waals surface area contributed by atoms with Crippen LogP contribution in [0.4, 0.5) is 0 Å². The van der Waals surface area contributed by atoms with Gasteiger partial charge in [-0.25, -0.2) is 13.6 Å². The lowest BCUT2D eigenvalue weighted by molar-refractivity contribution is 0.0743. The lowest BCUT2D eigenvalue weighted by atomic mass is 10.1. The molecule has 7 heteroatoms. The first-order chi connectivity index (χ1) is 9.31. The van der Waals surface area contributed by atoms with Gasteiger partial charge in [-0.3, -0.25) is 4.79 Å². The molecule has 5 nitrogen and oxygen atoms in total. The maximum atomic E-state index is 12.3. The smallest absolute Gasteiger partial charge is 0.253 e. The van der Waals surface area contributed by atoms with Crippen LogP contribution in [-0.2, 0) is 10.0 Å². The molecule has 0 aromatic heterocycles. The van der Waals surface area contributed by atoms with Crippen molar-refractivity contribution in [2.24, 2.45) is 5.14 Å². The third kappa shape index (κ3) is 4.22. The first kappa shape index (κ1) is 17.0. The molecule has 2 N–H and O–H groups in total. The van der Waals surface area contributed by atoms with Crippen molar-refractivity contribution < 1.29 is 13.2 Å². The number of nitrogens with two attached hydrogens (primary N) is 1. The van der Waals surface area contributed by atoms with Crippen LogP contribution in [0.1, 0.15) is 23.7 Å². The van der Waals surface area contributed by atoms with Crippen molar-refractivity contribution in [1.82, 2.24) is 4.90 Å². The monoisotopic (exact) mass is 316 g/mol. The molecule has 0 radical (unpaired) electrons. The summed E-state index contributed by atoms with van der Waals surface area (Å²) in [5.74, 6) is 0.750. The summed E-state index contributed by atoms with van der Waals surface area (Å²) in [5.41, 5.74) is 0.458. The minimum Gasteiger partial charge on any atom is -0.338 e. The van der Waals surface area contributed by atoms with Gasteiger partial charge in [-0.05, 0) is 36.9 Å². The lowest BCUT2D eigenvalue weighted by Gasteiger charge is -2.26. The maximum absolute atomic E-state index is 12.3. The fraction of sp³-hybridized carbons (Fsp3) is 0.462. The van der Waals surface area contributed by atoms with Crippen LogP contribution in [0, 0.1) is 0 Å². The molecule has 0 aliphatic carbocycles. The van der Waals surface area contributed by atoms with Gasteiger partial charge in [0, 0.05) is 24.4 Å². The first-order valence-electron chi connectivity index (χ1n) is 6.20. The van der Waals surface area contributed by atoms with E-state index < -0.39 is 10.0 Å². The molecule has 0 saturated carbocycles. The number of hydrogen-bond acceptors (Lipinski definition) is 4. The molecule has 1 aromatic carbocycles. The summed E-state index contributed by atoms with van der Waals surface area (Å²) in [5, 5.41) is 5.03. The van der Waals surface area contributed by atoms with Crippen molar-refractivity contribution in [3.63, 3.8) is 0 Å². The average molecular weight is 316 g/mol. The number of rotatable bonds is 6. The van der Waals surface area contributed by atoms with Crippen molar-refractivity contribution in [2.45, 2.75) is 24.3 Å². The van der Waals surface area contributed by atoms with Gasteiger partial charge < -0.3 is 4.90 Å². The molecule has 0 bridgehead atoms. The van der Waals surface area contributed by atoms with E-state index in [2.05, 4.69) is 0 Å². The highest BCUT2D eigenvalue weighted by molar-refractivity contribution is 7.98. The van der Waals surface area contributed by atoms with Gasteiger partial charge in [0.05, 0.1) is 4.90 Å². The molecule has 0 heterocycles. The normalized spacial score (nSPS) is 13.0. The SMILES string of the molecule is CCC(CSC)N(C)C(=O)c1ccc(S(N)(=O)=O)cc1. The second kappa shape index (κ2) is 7.10. The zero-order chi connectivity index (χ0) is 15.3. The van der Waals surface area contributed by atoms with Crippen LogP contribution in [0.5, 0.6) is 0 Å². The van der Waals surface area contributed by atoms with Crippen LogP contribution in [0.3, 0.4) is 0 Å². The number of amides is 1. The summed E-state index contributed by atoms with van der Waals surface area (Å²) < 4.78 is 22.3. The number of carbonyl (C=O) groups excluding carboxylic acids is 1. The van der Waals surface area contributed by atoms with Gasteiger partial charge in [-0.1, -0.05) is 6.92 Å². The Morgan fingerprint density at radius 1 is 1.35 bits per heavy atom. The molecular formula is C13H20N2O3S2. The summed E-state index contributed by atoms with van der Waals surface area (Å²) >= 11 is 1.69. The van der Waals surface area contributed by atoms with Crippen LogP contribution in [0.25, 0.3) is 0 Å². The van der Waals surface area contributed by atoms with Crippen LogP contribution in [-0.4, -0.2) is 44.3 Å². The van der Waals surface area contributed by atoms with Crippen LogP contribution >= 0.6 is 11.8 Å². The molecule has 0 aliphatic rings. The fourth-order valence-corrected chi connectivity index (χ4v) is 3.21. The fourth-order valence-electron chi connectivity index (χ4n) is 1.85. The summed E-state index contributed by atoms with van der Waals surface area (Å²) in [7, 11) is -1.96. The molecule has 1 amide bonds. The summed E-state index contributed by atoms with van der Waals surface area (Å²) in [6.07, 6.45) is 2.88. The van der Waals surface area contributed by atoms with Crippen molar-refractivity contribution in [1.29, 1.82) is 0 Å². The molecule has 1 rings (SSSR count). The third-order valence-electron chi connectivity index (χ3n) is 3.13. The van der Waals surface area contributed by atoms with Crippen LogP contribution in [0.2, 0.25) is 0 Å². The van der Waals surface area contributed by atoms with E-state index in [1.807, 2.05) is 13.2 Å². The quantitative estimate of drug-likeness (QED) is 0.863. The maximum Gasteiger partial charge on any atom is 0.253 e. The zero-order valence-electron chi connectivity index (χ0n) is 11.9. The Balaban J connectivity index is 2.92. The Hall–Kier alpha value is -1.05. The molecule has 1 atom stereocenters. The summed E-state index contributed by atoms with van der Waals surface area (Å²) in [6.45, 7) is 2.04. The summed E-state index contributed by atoms with van der Waals surface area (Å²) in [4.78, 5) is 14.0. The standard InChI is InChI=1S/C13H20N2O3S2/c1-4-11(9-19-3)15(2)13(16)10-5-7-12(8-6-10)20(14,17)18/h5-8,11H,4,9H2,1-3H3,(H2,14,17,18). The molecule has 0 aliphatic heterocycles. The predicted molar refractivity (Wildman–Crippen MR) is 82.4 cm³/mol. The van der Waals surface area contributed by atoms with Gasteiger partial charge in [-0.15, -0.1) is 0 Å². The highest BCUT2D eigenvalue weighted by Gasteiger charge is 2.19. The highest BCUT2D eigenvalue weighted by Crippen LogP contribution is 2.14. The van der Waals surface area contributed by atoms with E-state index in [0.29, 0.717) is 5.56 Å². The van der Waals surface area contributed by atoms with E-state index in [1.165, 1.54) is 24.3 Å². The van der Waals surface area contributed by atoms with Crippen molar-refractivity contribution in [3.8, 4) is 0 Å². The van der Waals surface area contributed by atoms with Crippen molar-refractivity contribution in [2.75, 3.05) is 19.1 Å². The van der Waals surface area contributed by atoms with E-state index in [0.717, 1.165) is 12.2 Å². The average Bonchev–Trinajstić information content (AvgIpc) is 2.42. The number of carbonyl (C=O) groups is 1. The Labute approximate surface area is 124 Å². The highest BCUT2D eigenvalue weighted by atomic mass is 32.2. The number of primary sulfonamides is 1. The Kier molecular flexibility index (Phi) is 6.04. The number of benzene rings is 1. The van der Waals surface area contributed by atoms with Crippen molar-refractivity contribution >= 4 is 27.7 Å². The van der Waals surface area contributed by atoms with E-state index in [4.69, 9.17) is 5.14 Å². The molecule has 0 spiro atoms. The zero-order valence-corrected chi connectivity index (χ0v) is 13.5. The van der Waals surface area contributed by atoms with Gasteiger partial charge in [0.2, 0.25) is 10.0 Å². The molecule has 0 saturated heterocycles. The lowest BCUT2D eigenvalue weighted by Crippen LogP contribution is -2.38. The van der Waals surface area contributed by atoms with Gasteiger partial charge >= 0.3 is 0 Å². The van der Waals surface area contributed by atoms with E-state index in [-0.39, 0.29) is 16.8 Å². The van der Waals surface area contributed by atoms with E-state index in [9.17, 15) is 13.2 Å². The van der Waals surface area contributed by atoms with Gasteiger partial charge in [-0.2, -0.15) is 11.8 Å². The minimum atomic E-state index is -3.72. The third-order valence-corrected chi connectivity index (χ3v) is 4.78. The van der Waals surface area contributed by atoms with E-state index >= 15 is 0 Å². The molecule has 1 unspecified atom stereocenters. The van der Waals surface area contributed by atoms with Gasteiger partial charge in [0.1, 0.15) is 0 Å². The van der Waals surface area contributed by atoms with Gasteiger partial charge in [0.25, 0.3) is 5.91 Å². The Morgan fingerprint density at radius 2 is 1.90 bits per heavy atom. The Bertz CT molecular complexity index is 555. The number of thioether (sulfide) groups is 1. The number of nitrogens with zero attached hydrogens (tertiary/aromatic N) is 1. The topological polar surface area (TPSA) is 80.5 Å². The predicted octanol–water partition coefficient (Wildman–Crippen LogP) is 1.55. The van der Waals surface area contributed by atoms with E-state index in [1.54, 1.807) is 23.7 Å². The molecule has 1 aromatic rings. The number of hydrogen-bond donors (Lipinski definition) is 1. The number of sulfonamides is 1. The molecule has 0 fully saturated rings. The minimum absolute atomic E-state index is 0.00728. The van der Waals surface area contributed by atoms with Crippen LogP contribution < -0.4 is 5.14 Å². The summed E-state index contributed by atoms with van der Waals surface area (Å²) in [6, 6.07) is 5.85. The molecular weight excluding hydrogens is 296 g/mol. The Morgan fingerprint density at radius 3 is 2.30 bits per heavy atom.